The number of nitrogens with one attached hydrogen (secondary N) is 1. The number of nitrogens with zero attached hydrogens (tertiary/aromatic N) is 1. The molecule has 3 rings (SSSR count). The van der Waals surface area contributed by atoms with Crippen molar-refractivity contribution in [2.24, 2.45) is 0 Å². The Morgan fingerprint density at radius 2 is 1.75 bits per heavy atom. The molecule has 1 aliphatic heterocycles. The summed E-state index contributed by atoms with van der Waals surface area (Å²) < 4.78 is 10.3. The van der Waals surface area contributed by atoms with Gasteiger partial charge in [-0.05, 0) is 89.3 Å². The van der Waals surface area contributed by atoms with Crippen molar-refractivity contribution in [3.63, 3.8) is 0 Å². The number of likely N-dealkylation sites (tertiary alicyclic amines) is 1. The minimum atomic E-state index is -0.577. The number of hydrogen-bond donors (Lipinski definition) is 1. The highest BCUT2D eigenvalue weighted by atomic mass is 16.6. The van der Waals surface area contributed by atoms with Crippen molar-refractivity contribution in [2.75, 3.05) is 13.7 Å². The third kappa shape index (κ3) is 5.81. The zero-order chi connectivity index (χ0) is 23.5. The topological polar surface area (TPSA) is 84.9 Å². The van der Waals surface area contributed by atoms with Gasteiger partial charge in [-0.15, -0.1) is 0 Å². The van der Waals surface area contributed by atoms with Crippen LogP contribution < -0.4 is 5.32 Å². The predicted molar refractivity (Wildman–Crippen MR) is 122 cm³/mol. The average Bonchev–Trinajstić information content (AvgIpc) is 3.23. The van der Waals surface area contributed by atoms with Crippen molar-refractivity contribution < 1.29 is 23.9 Å². The Morgan fingerprint density at radius 3 is 2.34 bits per heavy atom. The van der Waals surface area contributed by atoms with E-state index in [-0.39, 0.29) is 17.9 Å². The van der Waals surface area contributed by atoms with Gasteiger partial charge in [-0.2, -0.15) is 0 Å². The molecule has 1 atom stereocenters. The van der Waals surface area contributed by atoms with Gasteiger partial charge in [-0.3, -0.25) is 9.69 Å². The predicted octanol–water partition coefficient (Wildman–Crippen LogP) is 4.32. The quantitative estimate of drug-likeness (QED) is 0.699. The van der Waals surface area contributed by atoms with Gasteiger partial charge in [0.05, 0.1) is 12.7 Å². The van der Waals surface area contributed by atoms with Gasteiger partial charge in [0, 0.05) is 12.6 Å². The maximum atomic E-state index is 12.9. The molecule has 1 N–H and O–H groups in total. The second kappa shape index (κ2) is 9.92. The van der Waals surface area contributed by atoms with Crippen molar-refractivity contribution >= 4 is 18.0 Å². The Hall–Kier alpha value is -2.57. The van der Waals surface area contributed by atoms with Crippen LogP contribution in [0.4, 0.5) is 4.79 Å². The fourth-order valence-electron chi connectivity index (χ4n) is 4.73. The summed E-state index contributed by atoms with van der Waals surface area (Å²) in [6, 6.07) is 5.61. The van der Waals surface area contributed by atoms with E-state index in [0.29, 0.717) is 24.4 Å². The lowest BCUT2D eigenvalue weighted by Crippen LogP contribution is -2.50. The minimum Gasteiger partial charge on any atom is -0.465 e. The molecule has 176 valence electrons. The number of carbonyl (C=O) groups is 3. The van der Waals surface area contributed by atoms with Gasteiger partial charge in [0.25, 0.3) is 0 Å². The second-order valence-corrected chi connectivity index (χ2v) is 9.95. The number of benzene rings is 1. The summed E-state index contributed by atoms with van der Waals surface area (Å²) >= 11 is 0. The summed E-state index contributed by atoms with van der Waals surface area (Å²) in [5.74, 6) is 0.0289. The fourth-order valence-corrected chi connectivity index (χ4v) is 4.73. The van der Waals surface area contributed by atoms with E-state index in [1.165, 1.54) is 12.7 Å². The van der Waals surface area contributed by atoms with Gasteiger partial charge in [0.1, 0.15) is 11.6 Å². The highest BCUT2D eigenvalue weighted by Crippen LogP contribution is 2.34. The Labute approximate surface area is 190 Å². The lowest BCUT2D eigenvalue weighted by molar-refractivity contribution is -0.126. The lowest BCUT2D eigenvalue weighted by Gasteiger charge is -2.32. The minimum absolute atomic E-state index is 0.0740. The van der Waals surface area contributed by atoms with Crippen molar-refractivity contribution in [1.82, 2.24) is 10.2 Å². The molecule has 32 heavy (non-hydrogen) atoms. The molecular formula is C25H36N2O5. The van der Waals surface area contributed by atoms with Crippen LogP contribution in [0.2, 0.25) is 0 Å². The fraction of sp³-hybridized carbons (Fsp3) is 0.640. The summed E-state index contributed by atoms with van der Waals surface area (Å²) in [6.45, 7) is 7.98. The van der Waals surface area contributed by atoms with Crippen LogP contribution in [-0.2, 0) is 14.3 Å². The number of aryl methyl sites for hydroxylation is 1. The molecule has 1 aromatic carbocycles. The van der Waals surface area contributed by atoms with Crippen LogP contribution in [-0.4, -0.2) is 54.2 Å². The highest BCUT2D eigenvalue weighted by molar-refractivity contribution is 5.91. The molecule has 2 fully saturated rings. The third-order valence-electron chi connectivity index (χ3n) is 6.38. The molecular weight excluding hydrogens is 408 g/mol. The van der Waals surface area contributed by atoms with Crippen molar-refractivity contribution in [1.29, 1.82) is 0 Å². The molecule has 0 unspecified atom stereocenters. The summed E-state index contributed by atoms with van der Waals surface area (Å²) in [7, 11) is 1.39. The van der Waals surface area contributed by atoms with Gasteiger partial charge < -0.3 is 14.8 Å². The zero-order valence-electron chi connectivity index (χ0n) is 19.9. The second-order valence-electron chi connectivity index (χ2n) is 9.95. The molecule has 7 nitrogen and oxygen atoms in total. The highest BCUT2D eigenvalue weighted by Gasteiger charge is 2.37. The Morgan fingerprint density at radius 1 is 1.06 bits per heavy atom. The maximum absolute atomic E-state index is 12.9. The van der Waals surface area contributed by atoms with E-state index in [4.69, 9.17) is 9.47 Å². The van der Waals surface area contributed by atoms with E-state index in [1.807, 2.05) is 39.8 Å². The lowest BCUT2D eigenvalue weighted by atomic mass is 9.81. The van der Waals surface area contributed by atoms with E-state index < -0.39 is 17.7 Å². The Bertz CT molecular complexity index is 852. The normalized spacial score (nSPS) is 23.5. The first-order chi connectivity index (χ1) is 15.1. The van der Waals surface area contributed by atoms with Crippen LogP contribution >= 0.6 is 0 Å². The number of carbonyl (C=O) groups excluding carboxylic acids is 3. The van der Waals surface area contributed by atoms with Gasteiger partial charge in [0.15, 0.2) is 0 Å². The summed E-state index contributed by atoms with van der Waals surface area (Å²) in [4.78, 5) is 38.8. The zero-order valence-corrected chi connectivity index (χ0v) is 19.9. The van der Waals surface area contributed by atoms with Crippen LogP contribution in [0.15, 0.2) is 18.2 Å². The monoisotopic (exact) mass is 444 g/mol. The summed E-state index contributed by atoms with van der Waals surface area (Å²) in [5, 5.41) is 3.17. The van der Waals surface area contributed by atoms with Gasteiger partial charge >= 0.3 is 12.1 Å². The molecule has 1 saturated carbocycles. The van der Waals surface area contributed by atoms with Crippen molar-refractivity contribution in [3.05, 3.63) is 34.9 Å². The Balaban J connectivity index is 1.53. The molecule has 1 heterocycles. The van der Waals surface area contributed by atoms with E-state index in [1.54, 1.807) is 4.90 Å². The first-order valence-corrected chi connectivity index (χ1v) is 11.6. The van der Waals surface area contributed by atoms with Crippen LogP contribution in [0.1, 0.15) is 86.7 Å². The summed E-state index contributed by atoms with van der Waals surface area (Å²) in [5.41, 5.74) is 2.18. The molecule has 0 spiro atoms. The number of methoxy groups -OCH3 is 1. The van der Waals surface area contributed by atoms with Crippen molar-refractivity contribution in [2.45, 2.75) is 89.8 Å². The van der Waals surface area contributed by atoms with E-state index in [2.05, 4.69) is 11.4 Å². The molecule has 2 amide bonds. The standard InChI is InChI=1S/C25H36N2O5/c1-16-15-18(10-13-20(16)23(29)31-5)17-8-11-19(12-9-17)26-22(28)21-7-6-14-27(21)24(30)32-25(2,3)4/h10,13,15,17,19,21H,6-9,11-12,14H2,1-5H3,(H,26,28)/t17?,19?,21-/m1/s1. The third-order valence-corrected chi connectivity index (χ3v) is 6.38. The first-order valence-electron chi connectivity index (χ1n) is 11.6. The number of amides is 2. The van der Waals surface area contributed by atoms with Crippen LogP contribution in [0.3, 0.4) is 0 Å². The van der Waals surface area contributed by atoms with Crippen molar-refractivity contribution in [3.8, 4) is 0 Å². The molecule has 0 aromatic heterocycles. The largest absolute Gasteiger partial charge is 0.465 e. The average molecular weight is 445 g/mol. The number of esters is 1. The van der Waals surface area contributed by atoms with E-state index >= 15 is 0 Å². The SMILES string of the molecule is COC(=O)c1ccc(C2CCC(NC(=O)[C@H]3CCCN3C(=O)OC(C)(C)C)CC2)cc1C. The number of ether oxygens (including phenoxy) is 2. The van der Waals surface area contributed by atoms with Crippen LogP contribution in [0.25, 0.3) is 0 Å². The molecule has 2 aliphatic rings. The van der Waals surface area contributed by atoms with E-state index in [9.17, 15) is 14.4 Å². The van der Waals surface area contributed by atoms with Gasteiger partial charge in [0.2, 0.25) is 5.91 Å². The van der Waals surface area contributed by atoms with E-state index in [0.717, 1.165) is 37.7 Å². The van der Waals surface area contributed by atoms with Crippen LogP contribution in [0, 0.1) is 6.92 Å². The van der Waals surface area contributed by atoms with Gasteiger partial charge in [-0.25, -0.2) is 9.59 Å². The molecule has 7 heteroatoms. The molecule has 1 aromatic rings. The number of rotatable bonds is 4. The smallest absolute Gasteiger partial charge is 0.410 e. The molecule has 0 bridgehead atoms. The maximum Gasteiger partial charge on any atom is 0.410 e. The first kappa shape index (κ1) is 24.1. The number of hydrogen-bond acceptors (Lipinski definition) is 5. The molecule has 0 radical (unpaired) electrons. The molecule has 1 saturated heterocycles. The van der Waals surface area contributed by atoms with Crippen LogP contribution in [0.5, 0.6) is 0 Å². The van der Waals surface area contributed by atoms with Gasteiger partial charge in [-0.1, -0.05) is 12.1 Å². The molecule has 1 aliphatic carbocycles. The Kier molecular flexibility index (Phi) is 7.47. The summed E-state index contributed by atoms with van der Waals surface area (Å²) in [6.07, 6.45) is 4.81.